The van der Waals surface area contributed by atoms with Crippen LogP contribution in [0.3, 0.4) is 0 Å². The Kier molecular flexibility index (Phi) is 5.33. The van der Waals surface area contributed by atoms with Gasteiger partial charge in [0.15, 0.2) is 0 Å². The van der Waals surface area contributed by atoms with Crippen molar-refractivity contribution >= 4 is 17.2 Å². The number of hydrogen-bond acceptors (Lipinski definition) is 3. The van der Waals surface area contributed by atoms with E-state index in [1.54, 1.807) is 0 Å². The summed E-state index contributed by atoms with van der Waals surface area (Å²) in [6.07, 6.45) is 3.94. The second-order valence-electron chi connectivity index (χ2n) is 5.97. The van der Waals surface area contributed by atoms with Crippen LogP contribution in [-0.4, -0.2) is 21.9 Å². The van der Waals surface area contributed by atoms with E-state index in [9.17, 15) is 4.79 Å². The van der Waals surface area contributed by atoms with Crippen LogP contribution < -0.4 is 10.1 Å². The van der Waals surface area contributed by atoms with Gasteiger partial charge in [0.2, 0.25) is 5.91 Å². The molecule has 5 nitrogen and oxygen atoms in total. The fraction of sp³-hybridized carbons (Fsp3) is 0.300. The van der Waals surface area contributed by atoms with Crippen molar-refractivity contribution in [1.29, 1.82) is 0 Å². The first kappa shape index (κ1) is 17.0. The molecular formula is C20H23N3O2. The van der Waals surface area contributed by atoms with Crippen LogP contribution in [0.5, 0.6) is 5.75 Å². The topological polar surface area (TPSA) is 55.6 Å². The smallest absolute Gasteiger partial charge is 0.224 e. The predicted octanol–water partition coefficient (Wildman–Crippen LogP) is 4.00. The lowest BCUT2D eigenvalue weighted by molar-refractivity contribution is -0.116. The number of pyridine rings is 1. The van der Waals surface area contributed by atoms with Crippen LogP contribution >= 0.6 is 0 Å². The minimum absolute atomic E-state index is 0.0298. The van der Waals surface area contributed by atoms with Crippen LogP contribution in [-0.2, 0) is 11.2 Å². The molecular weight excluding hydrogens is 314 g/mol. The SMILES string of the molecule is CCCOc1ccccc1NC(=O)CCc1c(C)nc2ccccn12. The molecule has 25 heavy (non-hydrogen) atoms. The van der Waals surface area contributed by atoms with Crippen LogP contribution in [0.15, 0.2) is 48.7 Å². The Balaban J connectivity index is 1.66. The minimum Gasteiger partial charge on any atom is -0.491 e. The summed E-state index contributed by atoms with van der Waals surface area (Å²) in [7, 11) is 0. The molecule has 0 spiro atoms. The van der Waals surface area contributed by atoms with Crippen molar-refractivity contribution in [3.05, 3.63) is 60.0 Å². The van der Waals surface area contributed by atoms with Crippen molar-refractivity contribution in [2.24, 2.45) is 0 Å². The maximum Gasteiger partial charge on any atom is 0.224 e. The normalized spacial score (nSPS) is 10.8. The second kappa shape index (κ2) is 7.83. The number of imidazole rings is 1. The summed E-state index contributed by atoms with van der Waals surface area (Å²) >= 11 is 0. The number of nitrogens with one attached hydrogen (secondary N) is 1. The molecule has 0 atom stereocenters. The number of hydrogen-bond donors (Lipinski definition) is 1. The van der Waals surface area contributed by atoms with Crippen molar-refractivity contribution in [3.63, 3.8) is 0 Å². The third kappa shape index (κ3) is 3.99. The number of para-hydroxylation sites is 2. The van der Waals surface area contributed by atoms with Gasteiger partial charge < -0.3 is 14.5 Å². The Labute approximate surface area is 147 Å². The molecule has 0 saturated carbocycles. The number of carbonyl (C=O) groups excluding carboxylic acids is 1. The van der Waals surface area contributed by atoms with Gasteiger partial charge in [0.1, 0.15) is 11.4 Å². The number of aryl methyl sites for hydroxylation is 2. The number of nitrogens with zero attached hydrogens (tertiary/aromatic N) is 2. The van der Waals surface area contributed by atoms with Gasteiger partial charge in [-0.2, -0.15) is 0 Å². The third-order valence-corrected chi connectivity index (χ3v) is 4.04. The number of amides is 1. The van der Waals surface area contributed by atoms with Gasteiger partial charge in [-0.25, -0.2) is 4.98 Å². The summed E-state index contributed by atoms with van der Waals surface area (Å²) in [5.74, 6) is 0.682. The van der Waals surface area contributed by atoms with E-state index in [0.29, 0.717) is 25.2 Å². The summed E-state index contributed by atoms with van der Waals surface area (Å²) in [4.78, 5) is 16.9. The van der Waals surface area contributed by atoms with Gasteiger partial charge in [0, 0.05) is 18.3 Å². The monoisotopic (exact) mass is 337 g/mol. The number of carbonyl (C=O) groups is 1. The fourth-order valence-corrected chi connectivity index (χ4v) is 2.82. The highest BCUT2D eigenvalue weighted by Crippen LogP contribution is 2.24. The van der Waals surface area contributed by atoms with Crippen molar-refractivity contribution in [3.8, 4) is 5.75 Å². The number of ether oxygens (including phenoxy) is 1. The molecule has 0 radical (unpaired) electrons. The summed E-state index contributed by atoms with van der Waals surface area (Å²) in [5, 5.41) is 2.96. The van der Waals surface area contributed by atoms with E-state index >= 15 is 0 Å². The van der Waals surface area contributed by atoms with Crippen LogP contribution in [0.1, 0.15) is 31.2 Å². The Bertz CT molecular complexity index is 870. The fourth-order valence-electron chi connectivity index (χ4n) is 2.82. The van der Waals surface area contributed by atoms with Crippen molar-refractivity contribution in [2.75, 3.05) is 11.9 Å². The highest BCUT2D eigenvalue weighted by atomic mass is 16.5. The molecule has 1 aromatic carbocycles. The lowest BCUT2D eigenvalue weighted by Crippen LogP contribution is -2.14. The number of rotatable bonds is 7. The molecule has 1 amide bonds. The second-order valence-corrected chi connectivity index (χ2v) is 5.97. The average molecular weight is 337 g/mol. The first-order valence-corrected chi connectivity index (χ1v) is 8.63. The maximum absolute atomic E-state index is 12.4. The molecule has 0 aliphatic carbocycles. The number of benzene rings is 1. The molecule has 5 heteroatoms. The number of fused-ring (bicyclic) bond motifs is 1. The van der Waals surface area contributed by atoms with E-state index in [1.807, 2.05) is 60.0 Å². The Morgan fingerprint density at radius 1 is 1.20 bits per heavy atom. The molecule has 2 heterocycles. The summed E-state index contributed by atoms with van der Waals surface area (Å²) < 4.78 is 7.73. The molecule has 1 N–H and O–H groups in total. The van der Waals surface area contributed by atoms with Gasteiger partial charge in [-0.3, -0.25) is 4.79 Å². The predicted molar refractivity (Wildman–Crippen MR) is 99.1 cm³/mol. The Hall–Kier alpha value is -2.82. The van der Waals surface area contributed by atoms with Gasteiger partial charge in [-0.05, 0) is 44.0 Å². The molecule has 0 fully saturated rings. The minimum atomic E-state index is -0.0298. The zero-order valence-electron chi connectivity index (χ0n) is 14.7. The Morgan fingerprint density at radius 3 is 2.84 bits per heavy atom. The van der Waals surface area contributed by atoms with Crippen molar-refractivity contribution < 1.29 is 9.53 Å². The third-order valence-electron chi connectivity index (χ3n) is 4.04. The quantitative estimate of drug-likeness (QED) is 0.709. The van der Waals surface area contributed by atoms with Crippen LogP contribution in [0, 0.1) is 6.92 Å². The summed E-state index contributed by atoms with van der Waals surface area (Å²) in [6.45, 7) is 4.67. The van der Waals surface area contributed by atoms with Crippen LogP contribution in [0.4, 0.5) is 5.69 Å². The van der Waals surface area contributed by atoms with Gasteiger partial charge in [-0.15, -0.1) is 0 Å². The van der Waals surface area contributed by atoms with E-state index < -0.39 is 0 Å². The zero-order valence-corrected chi connectivity index (χ0v) is 14.7. The summed E-state index contributed by atoms with van der Waals surface area (Å²) in [6, 6.07) is 13.4. The maximum atomic E-state index is 12.4. The number of aromatic nitrogens is 2. The van der Waals surface area contributed by atoms with Crippen LogP contribution in [0.2, 0.25) is 0 Å². The van der Waals surface area contributed by atoms with E-state index in [1.165, 1.54) is 0 Å². The Morgan fingerprint density at radius 2 is 2.00 bits per heavy atom. The highest BCUT2D eigenvalue weighted by Gasteiger charge is 2.12. The van der Waals surface area contributed by atoms with E-state index in [0.717, 1.165) is 29.1 Å². The molecule has 130 valence electrons. The van der Waals surface area contributed by atoms with Gasteiger partial charge in [0.25, 0.3) is 0 Å². The van der Waals surface area contributed by atoms with E-state index in [-0.39, 0.29) is 5.91 Å². The lowest BCUT2D eigenvalue weighted by Gasteiger charge is -2.12. The average Bonchev–Trinajstić information content (AvgIpc) is 2.94. The summed E-state index contributed by atoms with van der Waals surface area (Å²) in [5.41, 5.74) is 3.66. The van der Waals surface area contributed by atoms with Gasteiger partial charge in [0.05, 0.1) is 18.0 Å². The molecule has 3 rings (SSSR count). The molecule has 0 aliphatic heterocycles. The largest absolute Gasteiger partial charge is 0.491 e. The first-order valence-electron chi connectivity index (χ1n) is 8.63. The molecule has 2 aromatic heterocycles. The molecule has 0 unspecified atom stereocenters. The molecule has 0 saturated heterocycles. The van der Waals surface area contributed by atoms with E-state index in [2.05, 4.69) is 17.2 Å². The molecule has 3 aromatic rings. The van der Waals surface area contributed by atoms with E-state index in [4.69, 9.17) is 4.74 Å². The number of anilines is 1. The standard InChI is InChI=1S/C20H23N3O2/c1-3-14-25-18-9-5-4-8-16(18)22-20(24)12-11-17-15(2)21-19-10-6-7-13-23(17)19/h4-10,13H,3,11-12,14H2,1-2H3,(H,22,24). The first-order chi connectivity index (χ1) is 12.2. The zero-order chi connectivity index (χ0) is 17.6. The van der Waals surface area contributed by atoms with Gasteiger partial charge >= 0.3 is 0 Å². The molecule has 0 aliphatic rings. The van der Waals surface area contributed by atoms with Crippen molar-refractivity contribution in [1.82, 2.24) is 9.38 Å². The van der Waals surface area contributed by atoms with Crippen molar-refractivity contribution in [2.45, 2.75) is 33.1 Å². The van der Waals surface area contributed by atoms with Gasteiger partial charge in [-0.1, -0.05) is 25.1 Å². The lowest BCUT2D eigenvalue weighted by atomic mass is 10.2. The van der Waals surface area contributed by atoms with Crippen LogP contribution in [0.25, 0.3) is 5.65 Å². The molecule has 0 bridgehead atoms. The highest BCUT2D eigenvalue weighted by molar-refractivity contribution is 5.92.